The van der Waals surface area contributed by atoms with Gasteiger partial charge >= 0.3 is 0 Å². The lowest BCUT2D eigenvalue weighted by Gasteiger charge is -2.37. The number of para-hydroxylation sites is 1. The first kappa shape index (κ1) is 24.0. The van der Waals surface area contributed by atoms with Gasteiger partial charge in [-0.15, -0.1) is 11.8 Å². The van der Waals surface area contributed by atoms with E-state index in [0.717, 1.165) is 40.0 Å². The second kappa shape index (κ2) is 10.5. The molecule has 10 heteroatoms. The standard InChI is InChI=1S/C25H29N5O4S/c1-34-23-8-5-15-3-2-4-17(24(15)29-23)19(31)12-30-10-9-18(20(32)13-30)26-11-16-6-7-21-25(27-16)28-22(33)14-35-21/h2-8,18-20,26,31-32H,9-14H2,1H3,(H,27,28,33)/t18-,19-,20-/m0/s1. The van der Waals surface area contributed by atoms with Crippen molar-refractivity contribution in [3.63, 3.8) is 0 Å². The molecule has 1 saturated heterocycles. The molecule has 2 aliphatic heterocycles. The van der Waals surface area contributed by atoms with Crippen molar-refractivity contribution < 1.29 is 19.7 Å². The molecule has 0 radical (unpaired) electrons. The van der Waals surface area contributed by atoms with Crippen LogP contribution in [0.3, 0.4) is 0 Å². The maximum Gasteiger partial charge on any atom is 0.235 e. The molecule has 35 heavy (non-hydrogen) atoms. The Labute approximate surface area is 207 Å². The fourth-order valence-electron chi connectivity index (χ4n) is 4.62. The Kier molecular flexibility index (Phi) is 7.17. The Balaban J connectivity index is 1.17. The number of methoxy groups -OCH3 is 1. The van der Waals surface area contributed by atoms with Crippen molar-refractivity contribution in [3.05, 3.63) is 53.7 Å². The third-order valence-corrected chi connectivity index (χ3v) is 7.52. The number of amides is 1. The SMILES string of the molecule is COc1ccc2cccc([C@@H](O)CN3CC[C@H](NCc4ccc5c(n4)NC(=O)CS5)[C@@H](O)C3)c2n1. The predicted octanol–water partition coefficient (Wildman–Crippen LogP) is 1.94. The van der Waals surface area contributed by atoms with Crippen LogP contribution in [0.1, 0.15) is 23.8 Å². The van der Waals surface area contributed by atoms with E-state index in [4.69, 9.17) is 4.74 Å². The summed E-state index contributed by atoms with van der Waals surface area (Å²) < 4.78 is 5.25. The summed E-state index contributed by atoms with van der Waals surface area (Å²) in [7, 11) is 1.57. The Morgan fingerprint density at radius 1 is 1.26 bits per heavy atom. The number of carbonyl (C=O) groups is 1. The summed E-state index contributed by atoms with van der Waals surface area (Å²) in [5.41, 5.74) is 2.29. The number of ether oxygens (including phenoxy) is 1. The van der Waals surface area contributed by atoms with Gasteiger partial charge in [0, 0.05) is 42.7 Å². The molecule has 1 fully saturated rings. The maximum atomic E-state index is 11.6. The summed E-state index contributed by atoms with van der Waals surface area (Å²) in [6, 6.07) is 13.3. The monoisotopic (exact) mass is 495 g/mol. The number of pyridine rings is 2. The van der Waals surface area contributed by atoms with Crippen molar-refractivity contribution in [2.75, 3.05) is 37.8 Å². The van der Waals surface area contributed by atoms with Crippen LogP contribution in [0.2, 0.25) is 0 Å². The Morgan fingerprint density at radius 3 is 2.97 bits per heavy atom. The second-order valence-corrected chi connectivity index (χ2v) is 9.89. The smallest absolute Gasteiger partial charge is 0.235 e. The van der Waals surface area contributed by atoms with Crippen LogP contribution < -0.4 is 15.4 Å². The van der Waals surface area contributed by atoms with Crippen LogP contribution in [0, 0.1) is 0 Å². The lowest BCUT2D eigenvalue weighted by Crippen LogP contribution is -2.53. The molecule has 184 valence electrons. The average Bonchev–Trinajstić information content (AvgIpc) is 2.87. The van der Waals surface area contributed by atoms with Crippen molar-refractivity contribution in [1.29, 1.82) is 0 Å². The zero-order valence-electron chi connectivity index (χ0n) is 19.5. The number of piperidine rings is 1. The minimum absolute atomic E-state index is 0.0384. The lowest BCUT2D eigenvalue weighted by molar-refractivity contribution is -0.113. The number of aromatic nitrogens is 2. The highest BCUT2D eigenvalue weighted by Gasteiger charge is 2.29. The molecule has 0 unspecified atom stereocenters. The first-order valence-corrected chi connectivity index (χ1v) is 12.7. The number of fused-ring (bicyclic) bond motifs is 2. The number of carbonyl (C=O) groups excluding carboxylic acids is 1. The van der Waals surface area contributed by atoms with Gasteiger partial charge in [-0.25, -0.2) is 9.97 Å². The molecule has 2 aromatic heterocycles. The first-order valence-electron chi connectivity index (χ1n) is 11.7. The predicted molar refractivity (Wildman–Crippen MR) is 135 cm³/mol. The summed E-state index contributed by atoms with van der Waals surface area (Å²) in [5, 5.41) is 28.9. The van der Waals surface area contributed by atoms with Gasteiger partial charge in [0.1, 0.15) is 5.82 Å². The molecular weight excluding hydrogens is 466 g/mol. The molecule has 0 bridgehead atoms. The van der Waals surface area contributed by atoms with Crippen LogP contribution in [0.15, 0.2) is 47.4 Å². The number of nitrogens with one attached hydrogen (secondary N) is 2. The molecule has 9 nitrogen and oxygen atoms in total. The van der Waals surface area contributed by atoms with E-state index in [1.165, 1.54) is 11.8 Å². The molecule has 4 N–H and O–H groups in total. The highest BCUT2D eigenvalue weighted by molar-refractivity contribution is 8.00. The van der Waals surface area contributed by atoms with Crippen LogP contribution in [-0.4, -0.2) is 75.6 Å². The molecular formula is C25H29N5O4S. The summed E-state index contributed by atoms with van der Waals surface area (Å²) in [5.74, 6) is 1.49. The van der Waals surface area contributed by atoms with Gasteiger partial charge in [-0.05, 0) is 31.2 Å². The fourth-order valence-corrected chi connectivity index (χ4v) is 5.37. The Morgan fingerprint density at radius 2 is 2.14 bits per heavy atom. The van der Waals surface area contributed by atoms with Gasteiger partial charge in [-0.3, -0.25) is 9.69 Å². The van der Waals surface area contributed by atoms with Crippen molar-refractivity contribution in [2.45, 2.75) is 36.1 Å². The van der Waals surface area contributed by atoms with Crippen LogP contribution in [0.4, 0.5) is 5.82 Å². The zero-order valence-corrected chi connectivity index (χ0v) is 20.3. The van der Waals surface area contributed by atoms with Gasteiger partial charge in [-0.2, -0.15) is 0 Å². The number of aliphatic hydroxyl groups excluding tert-OH is 2. The van der Waals surface area contributed by atoms with Gasteiger partial charge in [0.2, 0.25) is 11.8 Å². The normalized spacial score (nSPS) is 21.4. The van der Waals surface area contributed by atoms with E-state index in [2.05, 4.69) is 25.5 Å². The van der Waals surface area contributed by atoms with Crippen LogP contribution in [-0.2, 0) is 11.3 Å². The highest BCUT2D eigenvalue weighted by atomic mass is 32.2. The summed E-state index contributed by atoms with van der Waals surface area (Å²) in [6.07, 6.45) is -0.565. The van der Waals surface area contributed by atoms with Gasteiger partial charge < -0.3 is 25.6 Å². The molecule has 0 spiro atoms. The minimum Gasteiger partial charge on any atom is -0.481 e. The number of hydrogen-bond acceptors (Lipinski definition) is 9. The van der Waals surface area contributed by atoms with E-state index < -0.39 is 12.2 Å². The van der Waals surface area contributed by atoms with Crippen LogP contribution in [0.25, 0.3) is 10.9 Å². The van der Waals surface area contributed by atoms with Crippen molar-refractivity contribution in [3.8, 4) is 5.88 Å². The zero-order chi connectivity index (χ0) is 24.4. The largest absolute Gasteiger partial charge is 0.481 e. The number of nitrogens with zero attached hydrogens (tertiary/aromatic N) is 3. The highest BCUT2D eigenvalue weighted by Crippen LogP contribution is 2.30. The number of hydrogen-bond donors (Lipinski definition) is 4. The Bertz CT molecular complexity index is 1230. The molecule has 0 aliphatic carbocycles. The number of benzene rings is 1. The van der Waals surface area contributed by atoms with E-state index in [1.54, 1.807) is 13.2 Å². The molecule has 5 rings (SSSR count). The van der Waals surface area contributed by atoms with Gasteiger partial charge in [-0.1, -0.05) is 18.2 Å². The lowest BCUT2D eigenvalue weighted by atomic mass is 9.99. The topological polar surface area (TPSA) is 120 Å². The number of likely N-dealkylation sites (tertiary alicyclic amines) is 1. The number of thioether (sulfide) groups is 1. The third kappa shape index (κ3) is 5.41. The van der Waals surface area contributed by atoms with Gasteiger partial charge in [0.15, 0.2) is 0 Å². The third-order valence-electron chi connectivity index (χ3n) is 6.47. The molecule has 3 aromatic rings. The maximum absolute atomic E-state index is 11.6. The molecule has 2 aliphatic rings. The van der Waals surface area contributed by atoms with Crippen molar-refractivity contribution in [1.82, 2.24) is 20.2 Å². The second-order valence-electron chi connectivity index (χ2n) is 8.88. The number of rotatable bonds is 7. The summed E-state index contributed by atoms with van der Waals surface area (Å²) in [6.45, 7) is 2.12. The fraction of sp³-hybridized carbons (Fsp3) is 0.400. The van der Waals surface area contributed by atoms with E-state index >= 15 is 0 Å². The van der Waals surface area contributed by atoms with Gasteiger partial charge in [0.05, 0.1) is 41.2 Å². The molecule has 3 atom stereocenters. The van der Waals surface area contributed by atoms with E-state index in [9.17, 15) is 15.0 Å². The quantitative estimate of drug-likeness (QED) is 0.390. The minimum atomic E-state index is -0.734. The van der Waals surface area contributed by atoms with Crippen LogP contribution >= 0.6 is 11.8 Å². The van der Waals surface area contributed by atoms with Crippen LogP contribution in [0.5, 0.6) is 5.88 Å². The van der Waals surface area contributed by atoms with E-state index in [-0.39, 0.29) is 11.9 Å². The molecule has 4 heterocycles. The molecule has 1 aromatic carbocycles. The number of anilines is 1. The van der Waals surface area contributed by atoms with Gasteiger partial charge in [0.25, 0.3) is 0 Å². The van der Waals surface area contributed by atoms with Crippen molar-refractivity contribution >= 4 is 34.4 Å². The number of aliphatic hydroxyl groups is 2. The summed E-state index contributed by atoms with van der Waals surface area (Å²) in [4.78, 5) is 23.7. The average molecular weight is 496 g/mol. The first-order chi connectivity index (χ1) is 17.0. The number of β-amino-alcohol motifs (C(OH)–C–C–N with tert-alkyl or cyclic N) is 2. The van der Waals surface area contributed by atoms with Crippen molar-refractivity contribution in [2.24, 2.45) is 0 Å². The Hall–Kier alpha value is -2.76. The summed E-state index contributed by atoms with van der Waals surface area (Å²) >= 11 is 1.49. The molecule has 1 amide bonds. The van der Waals surface area contributed by atoms with E-state index in [1.807, 2.05) is 36.4 Å². The van der Waals surface area contributed by atoms with E-state index in [0.29, 0.717) is 37.1 Å². The molecule has 0 saturated carbocycles.